The third-order valence-corrected chi connectivity index (χ3v) is 5.76. The third-order valence-electron chi connectivity index (χ3n) is 5.76. The summed E-state index contributed by atoms with van der Waals surface area (Å²) in [6.07, 6.45) is 5.91. The van der Waals surface area contributed by atoms with Gasteiger partial charge in [0.25, 0.3) is 11.5 Å². The number of hydrogen-bond acceptors (Lipinski definition) is 5. The van der Waals surface area contributed by atoms with Crippen LogP contribution in [0, 0.1) is 5.92 Å². The Morgan fingerprint density at radius 1 is 1.12 bits per heavy atom. The van der Waals surface area contributed by atoms with Crippen molar-refractivity contribution in [2.75, 3.05) is 39.8 Å². The minimum atomic E-state index is -0.636. The molecule has 2 fully saturated rings. The number of aryl methyl sites for hydroxylation is 1. The first-order valence-corrected chi connectivity index (χ1v) is 9.45. The van der Waals surface area contributed by atoms with Crippen LogP contribution in [0.25, 0.3) is 0 Å². The highest BCUT2D eigenvalue weighted by Crippen LogP contribution is 2.23. The molecular formula is C18H29N5O3. The number of hydrogen-bond donors (Lipinski definition) is 2. The second-order valence-corrected chi connectivity index (χ2v) is 7.64. The van der Waals surface area contributed by atoms with Gasteiger partial charge in [-0.3, -0.25) is 14.6 Å². The summed E-state index contributed by atoms with van der Waals surface area (Å²) in [5.74, 6) is 0.0210. The van der Waals surface area contributed by atoms with Crippen LogP contribution in [0.5, 0.6) is 0 Å². The number of nitrogens with zero attached hydrogens (tertiary/aromatic N) is 3. The SMILES string of the molecule is CN1CCC(N2CCC(CNC(=O)c3cn(C)c(=O)[nH]c3=O)CC2)CC1. The van der Waals surface area contributed by atoms with Crippen molar-refractivity contribution in [3.05, 3.63) is 32.6 Å². The largest absolute Gasteiger partial charge is 0.352 e. The average Bonchev–Trinajstić information content (AvgIpc) is 2.64. The fourth-order valence-electron chi connectivity index (χ4n) is 3.94. The smallest absolute Gasteiger partial charge is 0.328 e. The predicted molar refractivity (Wildman–Crippen MR) is 99.5 cm³/mol. The Morgan fingerprint density at radius 2 is 1.77 bits per heavy atom. The molecule has 3 heterocycles. The van der Waals surface area contributed by atoms with Crippen molar-refractivity contribution in [2.24, 2.45) is 13.0 Å². The van der Waals surface area contributed by atoms with Crippen LogP contribution in [-0.4, -0.2) is 71.1 Å². The van der Waals surface area contributed by atoms with Crippen LogP contribution < -0.4 is 16.6 Å². The van der Waals surface area contributed by atoms with E-state index in [0.29, 0.717) is 18.5 Å². The molecule has 2 N–H and O–H groups in total. The summed E-state index contributed by atoms with van der Waals surface area (Å²) in [6, 6.07) is 0.700. The van der Waals surface area contributed by atoms with E-state index in [-0.39, 0.29) is 5.56 Å². The maximum absolute atomic E-state index is 12.3. The Hall–Kier alpha value is -1.93. The van der Waals surface area contributed by atoms with Crippen LogP contribution in [0.3, 0.4) is 0 Å². The van der Waals surface area contributed by atoms with Gasteiger partial charge in [0.15, 0.2) is 0 Å². The Labute approximate surface area is 153 Å². The lowest BCUT2D eigenvalue weighted by molar-refractivity contribution is 0.0812. The summed E-state index contributed by atoms with van der Waals surface area (Å²) in [6.45, 7) is 5.08. The van der Waals surface area contributed by atoms with Gasteiger partial charge in [-0.25, -0.2) is 4.79 Å². The molecule has 144 valence electrons. The molecule has 1 aromatic heterocycles. The van der Waals surface area contributed by atoms with Gasteiger partial charge in [0.1, 0.15) is 5.56 Å². The fraction of sp³-hybridized carbons (Fsp3) is 0.722. The van der Waals surface area contributed by atoms with Gasteiger partial charge >= 0.3 is 5.69 Å². The van der Waals surface area contributed by atoms with Crippen molar-refractivity contribution in [1.82, 2.24) is 24.7 Å². The molecule has 1 aromatic rings. The fourth-order valence-corrected chi connectivity index (χ4v) is 3.94. The van der Waals surface area contributed by atoms with E-state index in [1.807, 2.05) is 0 Å². The minimum Gasteiger partial charge on any atom is -0.352 e. The lowest BCUT2D eigenvalue weighted by atomic mass is 9.93. The Kier molecular flexibility index (Phi) is 5.93. The molecule has 2 aliphatic heterocycles. The van der Waals surface area contributed by atoms with Gasteiger partial charge in [0.2, 0.25) is 0 Å². The van der Waals surface area contributed by atoms with Crippen LogP contribution in [0.15, 0.2) is 15.8 Å². The molecule has 3 rings (SSSR count). The maximum Gasteiger partial charge on any atom is 0.328 e. The molecule has 0 saturated carbocycles. The number of amides is 1. The van der Waals surface area contributed by atoms with Crippen molar-refractivity contribution in [2.45, 2.75) is 31.7 Å². The maximum atomic E-state index is 12.3. The second-order valence-electron chi connectivity index (χ2n) is 7.64. The highest BCUT2D eigenvalue weighted by molar-refractivity contribution is 5.93. The minimum absolute atomic E-state index is 0.0177. The Morgan fingerprint density at radius 3 is 2.42 bits per heavy atom. The molecule has 1 amide bonds. The zero-order valence-electron chi connectivity index (χ0n) is 15.7. The molecule has 0 atom stereocenters. The monoisotopic (exact) mass is 363 g/mol. The lowest BCUT2D eigenvalue weighted by Gasteiger charge is -2.41. The number of likely N-dealkylation sites (tertiary alicyclic amines) is 2. The molecule has 0 unspecified atom stereocenters. The van der Waals surface area contributed by atoms with Gasteiger partial charge in [-0.05, 0) is 64.8 Å². The lowest BCUT2D eigenvalue weighted by Crippen LogP contribution is -2.48. The first-order valence-electron chi connectivity index (χ1n) is 9.45. The van der Waals surface area contributed by atoms with Crippen LogP contribution >= 0.6 is 0 Å². The summed E-state index contributed by atoms with van der Waals surface area (Å²) in [5.41, 5.74) is -1.17. The molecule has 0 aromatic carbocycles. The van der Waals surface area contributed by atoms with Crippen LogP contribution in [0.4, 0.5) is 0 Å². The number of aromatic amines is 1. The van der Waals surface area contributed by atoms with E-state index in [1.54, 1.807) is 0 Å². The zero-order valence-corrected chi connectivity index (χ0v) is 15.7. The van der Waals surface area contributed by atoms with E-state index in [1.165, 1.54) is 43.7 Å². The summed E-state index contributed by atoms with van der Waals surface area (Å²) in [4.78, 5) is 42.5. The van der Waals surface area contributed by atoms with E-state index in [2.05, 4.69) is 27.1 Å². The van der Waals surface area contributed by atoms with Crippen molar-refractivity contribution < 1.29 is 4.79 Å². The summed E-state index contributed by atoms with van der Waals surface area (Å²) >= 11 is 0. The number of piperidine rings is 2. The van der Waals surface area contributed by atoms with Crippen molar-refractivity contribution in [1.29, 1.82) is 0 Å². The highest BCUT2D eigenvalue weighted by Gasteiger charge is 2.27. The molecule has 8 nitrogen and oxygen atoms in total. The number of carbonyl (C=O) groups excluding carboxylic acids is 1. The Balaban J connectivity index is 1.46. The van der Waals surface area contributed by atoms with E-state index >= 15 is 0 Å². The third kappa shape index (κ3) is 4.42. The quantitative estimate of drug-likeness (QED) is 0.760. The average molecular weight is 363 g/mol. The topological polar surface area (TPSA) is 90.4 Å². The first kappa shape index (κ1) is 18.8. The van der Waals surface area contributed by atoms with Gasteiger partial charge in [-0.2, -0.15) is 0 Å². The molecule has 0 radical (unpaired) electrons. The molecule has 8 heteroatoms. The molecule has 0 spiro atoms. The Bertz CT molecular complexity index is 740. The van der Waals surface area contributed by atoms with Crippen LogP contribution in [0.2, 0.25) is 0 Å². The van der Waals surface area contributed by atoms with Gasteiger partial charge in [-0.15, -0.1) is 0 Å². The molecular weight excluding hydrogens is 334 g/mol. The van der Waals surface area contributed by atoms with Crippen LogP contribution in [0.1, 0.15) is 36.0 Å². The van der Waals surface area contributed by atoms with Gasteiger partial charge in [0.05, 0.1) is 0 Å². The van der Waals surface area contributed by atoms with Crippen LogP contribution in [-0.2, 0) is 7.05 Å². The van der Waals surface area contributed by atoms with E-state index in [0.717, 1.165) is 25.9 Å². The number of nitrogens with one attached hydrogen (secondary N) is 2. The molecule has 0 aliphatic carbocycles. The molecule has 2 saturated heterocycles. The normalized spacial score (nSPS) is 21.0. The second kappa shape index (κ2) is 8.18. The van der Waals surface area contributed by atoms with E-state index in [9.17, 15) is 14.4 Å². The van der Waals surface area contributed by atoms with Gasteiger partial charge in [-0.1, -0.05) is 0 Å². The first-order chi connectivity index (χ1) is 12.4. The summed E-state index contributed by atoms with van der Waals surface area (Å²) < 4.78 is 1.20. The van der Waals surface area contributed by atoms with Crippen molar-refractivity contribution in [3.63, 3.8) is 0 Å². The number of aromatic nitrogens is 2. The number of H-pyrrole nitrogens is 1. The van der Waals surface area contributed by atoms with Crippen molar-refractivity contribution >= 4 is 5.91 Å². The number of carbonyl (C=O) groups is 1. The standard InChI is InChI=1S/C18H29N5O3/c1-21-7-5-14(6-8-21)23-9-3-13(4-10-23)11-19-16(24)15-12-22(2)18(26)20-17(15)25/h12-14H,3-11H2,1-2H3,(H,19,24)(H,20,25,26). The van der Waals surface area contributed by atoms with Crippen molar-refractivity contribution in [3.8, 4) is 0 Å². The summed E-state index contributed by atoms with van der Waals surface area (Å²) in [7, 11) is 3.69. The molecule has 26 heavy (non-hydrogen) atoms. The predicted octanol–water partition coefficient (Wildman–Crippen LogP) is -0.390. The van der Waals surface area contributed by atoms with Gasteiger partial charge < -0.3 is 19.7 Å². The van der Waals surface area contributed by atoms with Gasteiger partial charge in [0, 0.05) is 25.8 Å². The zero-order chi connectivity index (χ0) is 18.7. The van der Waals surface area contributed by atoms with E-state index in [4.69, 9.17) is 0 Å². The summed E-state index contributed by atoms with van der Waals surface area (Å²) in [5, 5.41) is 2.86. The molecule has 0 bridgehead atoms. The van der Waals surface area contributed by atoms with E-state index < -0.39 is 17.2 Å². The molecule has 2 aliphatic rings. The number of rotatable bonds is 4. The highest BCUT2D eigenvalue weighted by atomic mass is 16.2.